The molecule has 0 fully saturated rings. The van der Waals surface area contributed by atoms with E-state index in [0.29, 0.717) is 11.6 Å². The Kier molecular flexibility index (Phi) is 5.43. The Balaban J connectivity index is 2.74. The molecule has 1 rings (SSSR count). The van der Waals surface area contributed by atoms with Crippen LogP contribution in [-0.2, 0) is 0 Å². The van der Waals surface area contributed by atoms with Gasteiger partial charge in [-0.25, -0.2) is 0 Å². The Hall–Kier alpha value is -0.800. The van der Waals surface area contributed by atoms with Crippen molar-refractivity contribution < 1.29 is 0 Å². The molecule has 4 heteroatoms. The average molecular weight is 228 g/mol. The van der Waals surface area contributed by atoms with Crippen LogP contribution in [0.3, 0.4) is 0 Å². The highest BCUT2D eigenvalue weighted by Gasteiger charge is 2.08. The second kappa shape index (κ2) is 6.64. The molecule has 2 N–H and O–H groups in total. The molecule has 1 heterocycles. The lowest BCUT2D eigenvalue weighted by Gasteiger charge is -2.24. The van der Waals surface area contributed by atoms with Gasteiger partial charge in [0.1, 0.15) is 0 Å². The zero-order valence-electron chi connectivity index (χ0n) is 9.12. The molecule has 1 aromatic heterocycles. The van der Waals surface area contributed by atoms with Crippen molar-refractivity contribution in [3.05, 3.63) is 23.5 Å². The number of hydrogen-bond donors (Lipinski definition) is 1. The van der Waals surface area contributed by atoms with Gasteiger partial charge in [0, 0.05) is 32.0 Å². The summed E-state index contributed by atoms with van der Waals surface area (Å²) in [6.07, 6.45) is 5.76. The molecule has 0 bridgehead atoms. The van der Waals surface area contributed by atoms with Crippen LogP contribution in [0.15, 0.2) is 18.5 Å². The number of pyridine rings is 1. The largest absolute Gasteiger partial charge is 0.369 e. The first kappa shape index (κ1) is 12.3. The van der Waals surface area contributed by atoms with Gasteiger partial charge in [-0.3, -0.25) is 4.98 Å². The van der Waals surface area contributed by atoms with Crippen molar-refractivity contribution in [1.29, 1.82) is 0 Å². The molecule has 1 aromatic rings. The van der Waals surface area contributed by atoms with Crippen LogP contribution < -0.4 is 10.6 Å². The third-order valence-electron chi connectivity index (χ3n) is 2.27. The molecule has 0 aliphatic heterocycles. The zero-order valence-corrected chi connectivity index (χ0v) is 9.87. The first-order valence-electron chi connectivity index (χ1n) is 5.34. The third kappa shape index (κ3) is 3.68. The molecule has 0 saturated carbocycles. The van der Waals surface area contributed by atoms with Crippen LogP contribution in [0, 0.1) is 0 Å². The highest BCUT2D eigenvalue weighted by atomic mass is 35.5. The van der Waals surface area contributed by atoms with E-state index < -0.39 is 0 Å². The summed E-state index contributed by atoms with van der Waals surface area (Å²) < 4.78 is 0. The Morgan fingerprint density at radius 3 is 2.87 bits per heavy atom. The highest BCUT2D eigenvalue weighted by molar-refractivity contribution is 6.33. The summed E-state index contributed by atoms with van der Waals surface area (Å²) in [6, 6.07) is 1.94. The van der Waals surface area contributed by atoms with E-state index in [9.17, 15) is 0 Å². The van der Waals surface area contributed by atoms with Gasteiger partial charge in [0.05, 0.1) is 10.7 Å². The van der Waals surface area contributed by atoms with Gasteiger partial charge >= 0.3 is 0 Å². The van der Waals surface area contributed by atoms with Crippen molar-refractivity contribution in [2.24, 2.45) is 5.73 Å². The van der Waals surface area contributed by atoms with E-state index in [0.717, 1.165) is 25.2 Å². The maximum atomic E-state index is 6.09. The molecule has 0 radical (unpaired) electrons. The normalized spacial score (nSPS) is 10.3. The van der Waals surface area contributed by atoms with Crippen molar-refractivity contribution in [3.63, 3.8) is 0 Å². The first-order chi connectivity index (χ1) is 7.29. The van der Waals surface area contributed by atoms with E-state index in [1.165, 1.54) is 6.42 Å². The Morgan fingerprint density at radius 1 is 1.47 bits per heavy atom. The molecule has 3 nitrogen and oxygen atoms in total. The zero-order chi connectivity index (χ0) is 11.1. The number of rotatable bonds is 6. The van der Waals surface area contributed by atoms with Gasteiger partial charge in [-0.1, -0.05) is 24.9 Å². The predicted molar refractivity (Wildman–Crippen MR) is 65.4 cm³/mol. The number of halogens is 1. The minimum Gasteiger partial charge on any atom is -0.369 e. The van der Waals surface area contributed by atoms with Crippen LogP contribution in [-0.4, -0.2) is 24.6 Å². The molecule has 0 amide bonds. The molecule has 0 atom stereocenters. The SMILES string of the molecule is CCCCN(CCN)c1ccncc1Cl. The Bertz CT molecular complexity index is 291. The summed E-state index contributed by atoms with van der Waals surface area (Å²) in [5.41, 5.74) is 6.62. The van der Waals surface area contributed by atoms with Crippen LogP contribution in [0.2, 0.25) is 5.02 Å². The molecular formula is C11H18ClN3. The number of hydrogen-bond acceptors (Lipinski definition) is 3. The molecule has 0 aliphatic rings. The predicted octanol–water partition coefficient (Wildman–Crippen LogP) is 2.30. The Labute approximate surface area is 96.2 Å². The van der Waals surface area contributed by atoms with Crippen molar-refractivity contribution >= 4 is 17.3 Å². The highest BCUT2D eigenvalue weighted by Crippen LogP contribution is 2.23. The molecule has 0 aliphatic carbocycles. The summed E-state index contributed by atoms with van der Waals surface area (Å²) in [5, 5.41) is 0.696. The van der Waals surface area contributed by atoms with E-state index >= 15 is 0 Å². The van der Waals surface area contributed by atoms with E-state index in [-0.39, 0.29) is 0 Å². The van der Waals surface area contributed by atoms with Crippen LogP contribution in [0.25, 0.3) is 0 Å². The van der Waals surface area contributed by atoms with Crippen molar-refractivity contribution in [1.82, 2.24) is 4.98 Å². The fourth-order valence-corrected chi connectivity index (χ4v) is 1.72. The van der Waals surface area contributed by atoms with Gasteiger partial charge in [-0.15, -0.1) is 0 Å². The second-order valence-electron chi connectivity index (χ2n) is 3.46. The van der Waals surface area contributed by atoms with Gasteiger partial charge in [0.25, 0.3) is 0 Å². The van der Waals surface area contributed by atoms with Crippen molar-refractivity contribution in [2.75, 3.05) is 24.5 Å². The molecular weight excluding hydrogens is 210 g/mol. The molecule has 0 unspecified atom stereocenters. The third-order valence-corrected chi connectivity index (χ3v) is 2.56. The monoisotopic (exact) mass is 227 g/mol. The fourth-order valence-electron chi connectivity index (χ4n) is 1.48. The number of nitrogens with zero attached hydrogens (tertiary/aromatic N) is 2. The fraction of sp³-hybridized carbons (Fsp3) is 0.545. The second-order valence-corrected chi connectivity index (χ2v) is 3.86. The van der Waals surface area contributed by atoms with Crippen molar-refractivity contribution in [3.8, 4) is 0 Å². The number of nitrogens with two attached hydrogens (primary N) is 1. The summed E-state index contributed by atoms with van der Waals surface area (Å²) in [6.45, 7) is 4.65. The summed E-state index contributed by atoms with van der Waals surface area (Å²) in [4.78, 5) is 6.19. The van der Waals surface area contributed by atoms with E-state index in [4.69, 9.17) is 17.3 Å². The number of aromatic nitrogens is 1. The minimum absolute atomic E-state index is 0.641. The van der Waals surface area contributed by atoms with E-state index in [2.05, 4.69) is 16.8 Å². The number of anilines is 1. The van der Waals surface area contributed by atoms with Gasteiger partial charge in [0.2, 0.25) is 0 Å². The van der Waals surface area contributed by atoms with Gasteiger partial charge in [-0.05, 0) is 12.5 Å². The van der Waals surface area contributed by atoms with Crippen molar-refractivity contribution in [2.45, 2.75) is 19.8 Å². The maximum Gasteiger partial charge on any atom is 0.0822 e. The lowest BCUT2D eigenvalue weighted by Crippen LogP contribution is -2.30. The van der Waals surface area contributed by atoms with Crippen LogP contribution in [0.4, 0.5) is 5.69 Å². The summed E-state index contributed by atoms with van der Waals surface area (Å²) >= 11 is 6.09. The van der Waals surface area contributed by atoms with E-state index in [1.807, 2.05) is 6.07 Å². The number of unbranched alkanes of at least 4 members (excludes halogenated alkanes) is 1. The summed E-state index contributed by atoms with van der Waals surface area (Å²) in [5.74, 6) is 0. The Morgan fingerprint density at radius 2 is 2.27 bits per heavy atom. The minimum atomic E-state index is 0.641. The van der Waals surface area contributed by atoms with Crippen LogP contribution >= 0.6 is 11.6 Å². The molecule has 84 valence electrons. The maximum absolute atomic E-state index is 6.09. The smallest absolute Gasteiger partial charge is 0.0822 e. The van der Waals surface area contributed by atoms with Gasteiger partial charge in [0.15, 0.2) is 0 Å². The average Bonchev–Trinajstić information content (AvgIpc) is 2.25. The standard InChI is InChI=1S/C11H18ClN3/c1-2-3-7-15(8-5-13)11-4-6-14-9-10(11)12/h4,6,9H,2-3,5,7-8,13H2,1H3. The molecule has 0 saturated heterocycles. The topological polar surface area (TPSA) is 42.1 Å². The van der Waals surface area contributed by atoms with Gasteiger partial charge < -0.3 is 10.6 Å². The molecule has 15 heavy (non-hydrogen) atoms. The molecule has 0 spiro atoms. The first-order valence-corrected chi connectivity index (χ1v) is 5.72. The summed E-state index contributed by atoms with van der Waals surface area (Å²) in [7, 11) is 0. The quantitative estimate of drug-likeness (QED) is 0.811. The van der Waals surface area contributed by atoms with E-state index in [1.54, 1.807) is 12.4 Å². The van der Waals surface area contributed by atoms with Crippen LogP contribution in [0.1, 0.15) is 19.8 Å². The van der Waals surface area contributed by atoms with Crippen LogP contribution in [0.5, 0.6) is 0 Å². The lowest BCUT2D eigenvalue weighted by atomic mass is 10.2. The van der Waals surface area contributed by atoms with Gasteiger partial charge in [-0.2, -0.15) is 0 Å². The molecule has 0 aromatic carbocycles. The lowest BCUT2D eigenvalue weighted by molar-refractivity contribution is 0.715.